The van der Waals surface area contributed by atoms with Gasteiger partial charge in [-0.3, -0.25) is 10.1 Å². The molecule has 0 aliphatic carbocycles. The van der Waals surface area contributed by atoms with Crippen LogP contribution in [0.5, 0.6) is 0 Å². The molecular weight excluding hydrogens is 542 g/mol. The fourth-order valence-electron chi connectivity index (χ4n) is 5.37. The Kier molecular flexibility index (Phi) is 9.32. The molecule has 40 heavy (non-hydrogen) atoms. The number of hydrogen-bond acceptors (Lipinski definition) is 8. The van der Waals surface area contributed by atoms with Gasteiger partial charge in [0.05, 0.1) is 19.2 Å². The lowest BCUT2D eigenvalue weighted by Gasteiger charge is -2.29. The van der Waals surface area contributed by atoms with Crippen LogP contribution in [0.1, 0.15) is 37.1 Å². The number of esters is 1. The maximum atomic E-state index is 11.6. The summed E-state index contributed by atoms with van der Waals surface area (Å²) in [6.45, 7) is 5.45. The zero-order valence-electron chi connectivity index (χ0n) is 23.2. The van der Waals surface area contributed by atoms with Crippen LogP contribution in [0.3, 0.4) is 0 Å². The van der Waals surface area contributed by atoms with Gasteiger partial charge in [0, 0.05) is 40.0 Å². The Morgan fingerprint density at radius 3 is 2.75 bits per heavy atom. The van der Waals surface area contributed by atoms with E-state index >= 15 is 0 Å². The summed E-state index contributed by atoms with van der Waals surface area (Å²) in [4.78, 5) is 25.0. The van der Waals surface area contributed by atoms with Gasteiger partial charge < -0.3 is 15.0 Å². The Morgan fingerprint density at radius 2 is 1.98 bits per heavy atom. The lowest BCUT2D eigenvalue weighted by Crippen LogP contribution is -2.32. The topological polar surface area (TPSA) is 79.4 Å². The Labute approximate surface area is 244 Å². The van der Waals surface area contributed by atoms with Crippen molar-refractivity contribution in [2.45, 2.75) is 32.2 Å². The first kappa shape index (κ1) is 28.5. The smallest absolute Gasteiger partial charge is 0.319 e. The Morgan fingerprint density at radius 1 is 1.18 bits per heavy atom. The van der Waals surface area contributed by atoms with E-state index in [2.05, 4.69) is 65.2 Å². The van der Waals surface area contributed by atoms with Crippen LogP contribution in [0.15, 0.2) is 53.9 Å². The summed E-state index contributed by atoms with van der Waals surface area (Å²) in [6, 6.07) is 16.3. The van der Waals surface area contributed by atoms with Crippen LogP contribution in [-0.2, 0) is 9.53 Å². The third kappa shape index (κ3) is 6.81. The number of rotatable bonds is 10. The average Bonchev–Trinajstić information content (AvgIpc) is 3.46. The van der Waals surface area contributed by atoms with Crippen LogP contribution < -0.4 is 10.6 Å². The summed E-state index contributed by atoms with van der Waals surface area (Å²) in [5.74, 6) is 1.94. The first-order chi connectivity index (χ1) is 19.4. The molecule has 3 heterocycles. The lowest BCUT2D eigenvalue weighted by atomic mass is 9.95. The Hall–Kier alpha value is -3.04. The van der Waals surface area contributed by atoms with Gasteiger partial charge >= 0.3 is 5.97 Å². The van der Waals surface area contributed by atoms with Crippen molar-refractivity contribution < 1.29 is 9.53 Å². The fourth-order valence-corrected chi connectivity index (χ4v) is 6.48. The number of piperidine rings is 1. The van der Waals surface area contributed by atoms with E-state index < -0.39 is 0 Å². The summed E-state index contributed by atoms with van der Waals surface area (Å²) in [5.41, 5.74) is 4.01. The van der Waals surface area contributed by atoms with Gasteiger partial charge in [-0.25, -0.2) is 9.97 Å². The third-order valence-electron chi connectivity index (χ3n) is 7.55. The predicted octanol–water partition coefficient (Wildman–Crippen LogP) is 6.65. The highest BCUT2D eigenvalue weighted by atomic mass is 35.5. The molecule has 210 valence electrons. The monoisotopic (exact) mass is 577 g/mol. The van der Waals surface area contributed by atoms with Gasteiger partial charge in [-0.15, -0.1) is 11.3 Å². The first-order valence-corrected chi connectivity index (χ1v) is 15.0. The molecule has 2 unspecified atom stereocenters. The van der Waals surface area contributed by atoms with Crippen molar-refractivity contribution in [2.75, 3.05) is 45.7 Å². The van der Waals surface area contributed by atoms with Crippen LogP contribution in [-0.4, -0.2) is 61.2 Å². The van der Waals surface area contributed by atoms with Crippen molar-refractivity contribution in [3.05, 3.63) is 63.8 Å². The van der Waals surface area contributed by atoms with Crippen LogP contribution in [0.25, 0.3) is 33.4 Å². The standard InChI is InChI=1S/C31H36ClN5O2S/c1-20(34-18-28(38)39-3)29-25(13-16-40-29)22-6-8-23(9-7-22)30-35-27-17-24(32)10-11-26(27)31(36-30)33-14-12-21-5-4-15-37(2)19-21/h6-11,13,16-17,20-21,34H,4-5,12,14-15,18-19H2,1-3H3,(H,33,35,36). The summed E-state index contributed by atoms with van der Waals surface area (Å²) in [6.07, 6.45) is 3.67. The maximum Gasteiger partial charge on any atom is 0.319 e. The van der Waals surface area contributed by atoms with Crippen molar-refractivity contribution in [2.24, 2.45) is 5.92 Å². The molecule has 1 aliphatic heterocycles. The van der Waals surface area contributed by atoms with Gasteiger partial charge in [0.25, 0.3) is 0 Å². The first-order valence-electron chi connectivity index (χ1n) is 13.8. The maximum absolute atomic E-state index is 11.6. The quantitative estimate of drug-likeness (QED) is 0.204. The summed E-state index contributed by atoms with van der Waals surface area (Å²) < 4.78 is 4.76. The molecule has 1 fully saturated rings. The van der Waals surface area contributed by atoms with E-state index in [1.807, 2.05) is 18.2 Å². The minimum Gasteiger partial charge on any atom is -0.468 e. The zero-order chi connectivity index (χ0) is 28.1. The molecular formula is C31H36ClN5O2S. The van der Waals surface area contributed by atoms with E-state index in [0.717, 1.165) is 52.9 Å². The number of thiophene rings is 1. The lowest BCUT2D eigenvalue weighted by molar-refractivity contribution is -0.139. The average molecular weight is 578 g/mol. The molecule has 2 aromatic heterocycles. The van der Waals surface area contributed by atoms with Crippen LogP contribution in [0.2, 0.25) is 5.02 Å². The molecule has 9 heteroatoms. The number of fused-ring (bicyclic) bond motifs is 1. The van der Waals surface area contributed by atoms with E-state index in [1.54, 1.807) is 11.3 Å². The molecule has 1 aliphatic rings. The predicted molar refractivity (Wildman–Crippen MR) is 165 cm³/mol. The van der Waals surface area contributed by atoms with E-state index in [9.17, 15) is 4.79 Å². The Balaban J connectivity index is 1.36. The molecule has 0 spiro atoms. The molecule has 0 saturated carbocycles. The van der Waals surface area contributed by atoms with Crippen molar-refractivity contribution >= 4 is 45.6 Å². The molecule has 5 rings (SSSR count). The van der Waals surface area contributed by atoms with Gasteiger partial charge in [-0.05, 0) is 86.5 Å². The molecule has 2 atom stereocenters. The van der Waals surface area contributed by atoms with Gasteiger partial charge in [0.15, 0.2) is 5.82 Å². The van der Waals surface area contributed by atoms with E-state index in [4.69, 9.17) is 26.3 Å². The molecule has 2 aromatic carbocycles. The number of ether oxygens (including phenoxy) is 1. The second-order valence-electron chi connectivity index (χ2n) is 10.5. The number of halogens is 1. The molecule has 0 radical (unpaired) electrons. The molecule has 0 bridgehead atoms. The van der Waals surface area contributed by atoms with Gasteiger partial charge in [-0.2, -0.15) is 0 Å². The van der Waals surface area contributed by atoms with E-state index in [0.29, 0.717) is 16.8 Å². The highest BCUT2D eigenvalue weighted by Gasteiger charge is 2.18. The third-order valence-corrected chi connectivity index (χ3v) is 8.88. The van der Waals surface area contributed by atoms with Crippen LogP contribution in [0.4, 0.5) is 5.82 Å². The normalized spacial score (nSPS) is 16.6. The summed E-state index contributed by atoms with van der Waals surface area (Å²) in [7, 11) is 3.61. The number of hydrogen-bond donors (Lipinski definition) is 2. The van der Waals surface area contributed by atoms with Crippen molar-refractivity contribution in [3.8, 4) is 22.5 Å². The number of methoxy groups -OCH3 is 1. The Bertz CT molecular complexity index is 1460. The number of likely N-dealkylation sites (tertiary alicyclic amines) is 1. The number of nitrogens with zero attached hydrogens (tertiary/aromatic N) is 3. The fraction of sp³-hybridized carbons (Fsp3) is 0.387. The van der Waals surface area contributed by atoms with Crippen LogP contribution >= 0.6 is 22.9 Å². The molecule has 0 amide bonds. The number of benzene rings is 2. The summed E-state index contributed by atoms with van der Waals surface area (Å²) in [5, 5.41) is 10.6. The van der Waals surface area contributed by atoms with Crippen molar-refractivity contribution in [3.63, 3.8) is 0 Å². The molecule has 1 saturated heterocycles. The molecule has 4 aromatic rings. The van der Waals surface area contributed by atoms with Crippen molar-refractivity contribution in [1.29, 1.82) is 0 Å². The van der Waals surface area contributed by atoms with E-state index in [-0.39, 0.29) is 18.6 Å². The number of anilines is 1. The largest absolute Gasteiger partial charge is 0.468 e. The highest BCUT2D eigenvalue weighted by Crippen LogP contribution is 2.34. The SMILES string of the molecule is COC(=O)CNC(C)c1sccc1-c1ccc(-c2nc(NCCC3CCCN(C)C3)c3ccc(Cl)cc3n2)cc1. The highest BCUT2D eigenvalue weighted by molar-refractivity contribution is 7.10. The zero-order valence-corrected chi connectivity index (χ0v) is 24.8. The molecule has 7 nitrogen and oxygen atoms in total. The number of carbonyl (C=O) groups excluding carboxylic acids is 1. The second-order valence-corrected chi connectivity index (χ2v) is 11.9. The van der Waals surface area contributed by atoms with Crippen molar-refractivity contribution in [1.82, 2.24) is 20.2 Å². The second kappa shape index (κ2) is 13.1. The van der Waals surface area contributed by atoms with E-state index in [1.165, 1.54) is 31.4 Å². The van der Waals surface area contributed by atoms with Gasteiger partial charge in [0.2, 0.25) is 0 Å². The van der Waals surface area contributed by atoms with Gasteiger partial charge in [-0.1, -0.05) is 35.9 Å². The molecule has 2 N–H and O–H groups in total. The van der Waals surface area contributed by atoms with Crippen LogP contribution in [0, 0.1) is 5.92 Å². The minimum absolute atomic E-state index is 0.0185. The number of carbonyl (C=O) groups is 1. The summed E-state index contributed by atoms with van der Waals surface area (Å²) >= 11 is 8.01. The van der Waals surface area contributed by atoms with Gasteiger partial charge in [0.1, 0.15) is 5.82 Å². The minimum atomic E-state index is -0.276. The number of aromatic nitrogens is 2. The number of nitrogens with one attached hydrogen (secondary N) is 2.